The number of rotatable bonds is 7. The first kappa shape index (κ1) is 15.5. The summed E-state index contributed by atoms with van der Waals surface area (Å²) >= 11 is 0. The standard InChI is InChI=1S/C15H23NO3/c1-11(2)7-13(17)10-16-15(18)9-12-5-4-6-14(8-12)19-3/h4-6,8,11,13,17H,7,9-10H2,1-3H3,(H,16,18). The highest BCUT2D eigenvalue weighted by molar-refractivity contribution is 5.78. The van der Waals surface area contributed by atoms with Crippen molar-refractivity contribution < 1.29 is 14.6 Å². The van der Waals surface area contributed by atoms with E-state index in [2.05, 4.69) is 5.32 Å². The van der Waals surface area contributed by atoms with E-state index in [1.807, 2.05) is 38.1 Å². The van der Waals surface area contributed by atoms with Crippen molar-refractivity contribution in [3.05, 3.63) is 29.8 Å². The molecule has 0 fully saturated rings. The minimum absolute atomic E-state index is 0.0870. The lowest BCUT2D eigenvalue weighted by Gasteiger charge is -2.14. The van der Waals surface area contributed by atoms with E-state index in [4.69, 9.17) is 4.74 Å². The number of carbonyl (C=O) groups is 1. The highest BCUT2D eigenvalue weighted by Crippen LogP contribution is 2.12. The van der Waals surface area contributed by atoms with Gasteiger partial charge in [0, 0.05) is 6.54 Å². The van der Waals surface area contributed by atoms with Gasteiger partial charge < -0.3 is 15.2 Å². The number of carbonyl (C=O) groups excluding carboxylic acids is 1. The largest absolute Gasteiger partial charge is 0.497 e. The molecule has 0 aromatic heterocycles. The number of benzene rings is 1. The summed E-state index contributed by atoms with van der Waals surface area (Å²) in [6, 6.07) is 7.42. The topological polar surface area (TPSA) is 58.6 Å². The van der Waals surface area contributed by atoms with Crippen LogP contribution < -0.4 is 10.1 Å². The quantitative estimate of drug-likeness (QED) is 0.790. The van der Waals surface area contributed by atoms with Crippen LogP contribution >= 0.6 is 0 Å². The summed E-state index contributed by atoms with van der Waals surface area (Å²) in [5, 5.41) is 12.4. The molecule has 1 atom stereocenters. The summed E-state index contributed by atoms with van der Waals surface area (Å²) in [6.07, 6.45) is 0.514. The van der Waals surface area contributed by atoms with Crippen molar-refractivity contribution in [3.8, 4) is 5.75 Å². The van der Waals surface area contributed by atoms with Crippen molar-refractivity contribution in [1.82, 2.24) is 5.32 Å². The van der Waals surface area contributed by atoms with E-state index in [1.165, 1.54) is 0 Å². The van der Waals surface area contributed by atoms with Crippen LogP contribution in [0.25, 0.3) is 0 Å². The maximum Gasteiger partial charge on any atom is 0.224 e. The number of nitrogens with one attached hydrogen (secondary N) is 1. The van der Waals surface area contributed by atoms with Crippen molar-refractivity contribution in [1.29, 1.82) is 0 Å². The predicted octanol–water partition coefficient (Wildman–Crippen LogP) is 1.76. The molecule has 0 aliphatic heterocycles. The van der Waals surface area contributed by atoms with Gasteiger partial charge in [-0.25, -0.2) is 0 Å². The molecule has 0 aliphatic carbocycles. The van der Waals surface area contributed by atoms with Gasteiger partial charge in [0.25, 0.3) is 0 Å². The van der Waals surface area contributed by atoms with E-state index in [9.17, 15) is 9.90 Å². The fraction of sp³-hybridized carbons (Fsp3) is 0.533. The first-order chi connectivity index (χ1) is 9.01. The minimum Gasteiger partial charge on any atom is -0.497 e. The summed E-state index contributed by atoms with van der Waals surface area (Å²) < 4.78 is 5.11. The lowest BCUT2D eigenvalue weighted by atomic mass is 10.1. The van der Waals surface area contributed by atoms with Gasteiger partial charge in [0.2, 0.25) is 5.91 Å². The first-order valence-electron chi connectivity index (χ1n) is 6.59. The summed E-state index contributed by atoms with van der Waals surface area (Å²) in [7, 11) is 1.60. The Balaban J connectivity index is 2.38. The summed E-state index contributed by atoms with van der Waals surface area (Å²) in [5.41, 5.74) is 0.898. The van der Waals surface area contributed by atoms with Gasteiger partial charge >= 0.3 is 0 Å². The highest BCUT2D eigenvalue weighted by Gasteiger charge is 2.09. The van der Waals surface area contributed by atoms with Crippen LogP contribution in [0.4, 0.5) is 0 Å². The van der Waals surface area contributed by atoms with Crippen LogP contribution in [0.1, 0.15) is 25.8 Å². The fourth-order valence-corrected chi connectivity index (χ4v) is 1.89. The molecular weight excluding hydrogens is 242 g/mol. The monoisotopic (exact) mass is 265 g/mol. The molecule has 4 heteroatoms. The predicted molar refractivity (Wildman–Crippen MR) is 75.2 cm³/mol. The molecule has 1 rings (SSSR count). The number of hydrogen-bond acceptors (Lipinski definition) is 3. The second-order valence-corrected chi connectivity index (χ2v) is 5.12. The molecule has 4 nitrogen and oxygen atoms in total. The van der Waals surface area contributed by atoms with Crippen molar-refractivity contribution in [2.75, 3.05) is 13.7 Å². The molecule has 1 unspecified atom stereocenters. The lowest BCUT2D eigenvalue weighted by Crippen LogP contribution is -2.33. The van der Waals surface area contributed by atoms with Gasteiger partial charge in [-0.1, -0.05) is 26.0 Å². The van der Waals surface area contributed by atoms with Crippen LogP contribution in [0.3, 0.4) is 0 Å². The van der Waals surface area contributed by atoms with Crippen LogP contribution in [-0.2, 0) is 11.2 Å². The number of methoxy groups -OCH3 is 1. The third-order valence-corrected chi connectivity index (χ3v) is 2.78. The summed E-state index contributed by atoms with van der Waals surface area (Å²) in [5.74, 6) is 1.08. The molecule has 106 valence electrons. The first-order valence-corrected chi connectivity index (χ1v) is 6.59. The zero-order chi connectivity index (χ0) is 14.3. The van der Waals surface area contributed by atoms with E-state index >= 15 is 0 Å². The smallest absolute Gasteiger partial charge is 0.224 e. The number of aliphatic hydroxyl groups excluding tert-OH is 1. The average molecular weight is 265 g/mol. The van der Waals surface area contributed by atoms with Crippen molar-refractivity contribution in [2.24, 2.45) is 5.92 Å². The van der Waals surface area contributed by atoms with Gasteiger partial charge in [0.05, 0.1) is 19.6 Å². The average Bonchev–Trinajstić information content (AvgIpc) is 2.36. The van der Waals surface area contributed by atoms with Gasteiger partial charge in [-0.3, -0.25) is 4.79 Å². The molecule has 1 aromatic rings. The van der Waals surface area contributed by atoms with Gasteiger partial charge in [-0.05, 0) is 30.0 Å². The third-order valence-electron chi connectivity index (χ3n) is 2.78. The Hall–Kier alpha value is -1.55. The molecule has 19 heavy (non-hydrogen) atoms. The van der Waals surface area contributed by atoms with Crippen LogP contribution in [0.15, 0.2) is 24.3 Å². The summed E-state index contributed by atoms with van der Waals surface area (Å²) in [6.45, 7) is 4.39. The summed E-state index contributed by atoms with van der Waals surface area (Å²) in [4.78, 5) is 11.7. The van der Waals surface area contributed by atoms with E-state index < -0.39 is 6.10 Å². The maximum absolute atomic E-state index is 11.7. The zero-order valence-electron chi connectivity index (χ0n) is 11.8. The van der Waals surface area contributed by atoms with Crippen molar-refractivity contribution in [3.63, 3.8) is 0 Å². The number of hydrogen-bond donors (Lipinski definition) is 2. The molecule has 0 saturated heterocycles. The van der Waals surface area contributed by atoms with Gasteiger partial charge in [-0.15, -0.1) is 0 Å². The molecule has 0 radical (unpaired) electrons. The Kier molecular flexibility index (Phi) is 6.36. The Labute approximate surface area is 114 Å². The lowest BCUT2D eigenvalue weighted by molar-refractivity contribution is -0.120. The van der Waals surface area contributed by atoms with Crippen LogP contribution in [-0.4, -0.2) is 30.8 Å². The van der Waals surface area contributed by atoms with E-state index in [1.54, 1.807) is 7.11 Å². The molecule has 2 N–H and O–H groups in total. The van der Waals surface area contributed by atoms with E-state index in [0.29, 0.717) is 25.3 Å². The second-order valence-electron chi connectivity index (χ2n) is 5.12. The molecule has 1 aromatic carbocycles. The molecule has 0 saturated carbocycles. The minimum atomic E-state index is -0.478. The van der Waals surface area contributed by atoms with Crippen molar-refractivity contribution in [2.45, 2.75) is 32.8 Å². The van der Waals surface area contributed by atoms with Crippen LogP contribution in [0.5, 0.6) is 5.75 Å². The number of amides is 1. The van der Waals surface area contributed by atoms with Crippen molar-refractivity contribution >= 4 is 5.91 Å². The van der Waals surface area contributed by atoms with E-state index in [-0.39, 0.29) is 5.91 Å². The third kappa shape index (κ3) is 6.25. The molecule has 0 spiro atoms. The molecule has 1 amide bonds. The maximum atomic E-state index is 11.7. The van der Waals surface area contributed by atoms with Gasteiger partial charge in [0.15, 0.2) is 0 Å². The Morgan fingerprint density at radius 2 is 2.16 bits per heavy atom. The normalized spacial score (nSPS) is 12.3. The molecule has 0 heterocycles. The second kappa shape index (κ2) is 7.79. The Morgan fingerprint density at radius 1 is 1.42 bits per heavy atom. The molecular formula is C15H23NO3. The van der Waals surface area contributed by atoms with Gasteiger partial charge in [-0.2, -0.15) is 0 Å². The van der Waals surface area contributed by atoms with Gasteiger partial charge in [0.1, 0.15) is 5.75 Å². The Bertz CT molecular complexity index is 404. The zero-order valence-corrected chi connectivity index (χ0v) is 11.8. The highest BCUT2D eigenvalue weighted by atomic mass is 16.5. The number of ether oxygens (including phenoxy) is 1. The SMILES string of the molecule is COc1cccc(CC(=O)NCC(O)CC(C)C)c1. The van der Waals surface area contributed by atoms with Crippen LogP contribution in [0.2, 0.25) is 0 Å². The molecule has 0 bridgehead atoms. The number of aliphatic hydroxyl groups is 1. The van der Waals surface area contributed by atoms with Crippen LogP contribution in [0, 0.1) is 5.92 Å². The van der Waals surface area contributed by atoms with E-state index in [0.717, 1.165) is 11.3 Å². The Morgan fingerprint density at radius 3 is 2.79 bits per heavy atom. The molecule has 0 aliphatic rings. The fourth-order valence-electron chi connectivity index (χ4n) is 1.89.